The van der Waals surface area contributed by atoms with E-state index in [1.54, 1.807) is 23.3 Å². The van der Waals surface area contributed by atoms with Gasteiger partial charge in [-0.15, -0.1) is 0 Å². The highest BCUT2D eigenvalue weighted by Gasteiger charge is 2.14. The number of rotatable bonds is 6. The lowest BCUT2D eigenvalue weighted by Gasteiger charge is -2.11. The average Bonchev–Trinajstić information content (AvgIpc) is 3.36. The molecule has 0 bridgehead atoms. The molecule has 0 unspecified atom stereocenters. The van der Waals surface area contributed by atoms with E-state index in [9.17, 15) is 4.79 Å². The number of hydrogen-bond donors (Lipinski definition) is 1. The van der Waals surface area contributed by atoms with E-state index in [1.165, 1.54) is 6.33 Å². The maximum absolute atomic E-state index is 13.1. The van der Waals surface area contributed by atoms with Crippen LogP contribution in [0.4, 0.5) is 0 Å². The molecule has 2 aromatic carbocycles. The van der Waals surface area contributed by atoms with Crippen LogP contribution < -0.4 is 5.32 Å². The second kappa shape index (κ2) is 8.77. The van der Waals surface area contributed by atoms with Crippen molar-refractivity contribution in [3.8, 4) is 11.4 Å². The summed E-state index contributed by atoms with van der Waals surface area (Å²) in [7, 11) is 0. The molecule has 0 spiro atoms. The Kier molecular flexibility index (Phi) is 5.36. The van der Waals surface area contributed by atoms with Crippen molar-refractivity contribution in [2.75, 3.05) is 0 Å². The van der Waals surface area contributed by atoms with Crippen molar-refractivity contribution in [1.29, 1.82) is 0 Å². The summed E-state index contributed by atoms with van der Waals surface area (Å²) in [6, 6.07) is 23.2. The smallest absolute Gasteiger partial charge is 0.252 e. The number of para-hydroxylation sites is 1. The summed E-state index contributed by atoms with van der Waals surface area (Å²) in [6.07, 6.45) is 4.93. The lowest BCUT2D eigenvalue weighted by molar-refractivity contribution is 0.0952. The molecule has 0 atom stereocenters. The molecule has 0 fully saturated rings. The van der Waals surface area contributed by atoms with Crippen LogP contribution in [0.2, 0.25) is 0 Å². The number of fused-ring (bicyclic) bond motifs is 1. The molecule has 7 nitrogen and oxygen atoms in total. The SMILES string of the molecule is O=C(NCc1ccc(Cn2cncn2)cc1)c1cc(-c2ccccn2)nc2ccccc12. The number of nitrogens with zero attached hydrogens (tertiary/aromatic N) is 5. The van der Waals surface area contributed by atoms with E-state index in [4.69, 9.17) is 4.98 Å². The molecule has 0 aliphatic heterocycles. The molecule has 0 aliphatic carbocycles. The van der Waals surface area contributed by atoms with Crippen molar-refractivity contribution in [2.24, 2.45) is 0 Å². The van der Waals surface area contributed by atoms with Crippen molar-refractivity contribution in [2.45, 2.75) is 13.1 Å². The first-order valence-electron chi connectivity index (χ1n) is 10.3. The van der Waals surface area contributed by atoms with Crippen molar-refractivity contribution in [3.05, 3.63) is 108 Å². The molecular weight excluding hydrogens is 400 g/mol. The number of aromatic nitrogens is 5. The standard InChI is InChI=1S/C25H20N6O/c32-25(28-14-18-8-10-19(11-9-18)15-31-17-26-16-29-31)21-13-24(23-7-3-4-12-27-23)30-22-6-2-1-5-20(21)22/h1-13,16-17H,14-15H2,(H,28,32). The summed E-state index contributed by atoms with van der Waals surface area (Å²) in [5, 5.41) is 7.97. The molecule has 156 valence electrons. The Morgan fingerprint density at radius 2 is 1.72 bits per heavy atom. The highest BCUT2D eigenvalue weighted by atomic mass is 16.1. The van der Waals surface area contributed by atoms with Crippen LogP contribution in [-0.4, -0.2) is 30.6 Å². The topological polar surface area (TPSA) is 85.6 Å². The molecule has 0 saturated heterocycles. The zero-order valence-corrected chi connectivity index (χ0v) is 17.2. The Bertz CT molecular complexity index is 1350. The number of pyridine rings is 2. The summed E-state index contributed by atoms with van der Waals surface area (Å²) in [6.45, 7) is 1.09. The normalized spacial score (nSPS) is 10.9. The molecule has 3 aromatic heterocycles. The molecule has 3 heterocycles. The van der Waals surface area contributed by atoms with Crippen LogP contribution in [0, 0.1) is 0 Å². The minimum absolute atomic E-state index is 0.146. The number of benzene rings is 2. The van der Waals surface area contributed by atoms with Crippen LogP contribution >= 0.6 is 0 Å². The first-order valence-corrected chi connectivity index (χ1v) is 10.3. The number of nitrogens with one attached hydrogen (secondary N) is 1. The van der Waals surface area contributed by atoms with Crippen LogP contribution in [-0.2, 0) is 13.1 Å². The van der Waals surface area contributed by atoms with Crippen molar-refractivity contribution in [3.63, 3.8) is 0 Å². The van der Waals surface area contributed by atoms with Crippen LogP contribution in [0.15, 0.2) is 91.6 Å². The number of carbonyl (C=O) groups excluding carboxylic acids is 1. The van der Waals surface area contributed by atoms with Gasteiger partial charge in [-0.3, -0.25) is 9.78 Å². The van der Waals surface area contributed by atoms with Crippen LogP contribution in [0.25, 0.3) is 22.3 Å². The van der Waals surface area contributed by atoms with E-state index in [0.29, 0.717) is 24.3 Å². The predicted molar refractivity (Wildman–Crippen MR) is 122 cm³/mol. The zero-order chi connectivity index (χ0) is 21.8. The quantitative estimate of drug-likeness (QED) is 0.451. The second-order valence-corrected chi connectivity index (χ2v) is 7.38. The summed E-state index contributed by atoms with van der Waals surface area (Å²) in [5.74, 6) is -0.146. The number of carbonyl (C=O) groups is 1. The van der Waals surface area contributed by atoms with Gasteiger partial charge < -0.3 is 5.32 Å². The lowest BCUT2D eigenvalue weighted by atomic mass is 10.1. The first kappa shape index (κ1) is 19.6. The van der Waals surface area contributed by atoms with Gasteiger partial charge in [-0.25, -0.2) is 14.6 Å². The molecule has 32 heavy (non-hydrogen) atoms. The van der Waals surface area contributed by atoms with Crippen molar-refractivity contribution >= 4 is 16.8 Å². The Balaban J connectivity index is 1.35. The van der Waals surface area contributed by atoms with E-state index in [0.717, 1.165) is 27.7 Å². The highest BCUT2D eigenvalue weighted by Crippen LogP contribution is 2.23. The molecule has 1 amide bonds. The summed E-state index contributed by atoms with van der Waals surface area (Å²) >= 11 is 0. The zero-order valence-electron chi connectivity index (χ0n) is 17.2. The monoisotopic (exact) mass is 420 g/mol. The fraction of sp³-hybridized carbons (Fsp3) is 0.0800. The van der Waals surface area contributed by atoms with Gasteiger partial charge in [0.05, 0.1) is 29.0 Å². The molecule has 5 aromatic rings. The van der Waals surface area contributed by atoms with E-state index in [2.05, 4.69) is 20.4 Å². The Hall–Kier alpha value is -4.39. The van der Waals surface area contributed by atoms with Gasteiger partial charge in [0, 0.05) is 18.1 Å². The molecule has 0 radical (unpaired) electrons. The Morgan fingerprint density at radius 3 is 2.50 bits per heavy atom. The third-order valence-corrected chi connectivity index (χ3v) is 5.18. The molecule has 5 rings (SSSR count). The van der Waals surface area contributed by atoms with E-state index >= 15 is 0 Å². The number of hydrogen-bond acceptors (Lipinski definition) is 5. The lowest BCUT2D eigenvalue weighted by Crippen LogP contribution is -2.23. The van der Waals surface area contributed by atoms with Crippen LogP contribution in [0.1, 0.15) is 21.5 Å². The predicted octanol–water partition coefficient (Wildman–Crippen LogP) is 3.87. The molecule has 0 saturated carbocycles. The summed E-state index contributed by atoms with van der Waals surface area (Å²) < 4.78 is 1.77. The van der Waals surface area contributed by atoms with Crippen molar-refractivity contribution < 1.29 is 4.79 Å². The van der Waals surface area contributed by atoms with Crippen LogP contribution in [0.5, 0.6) is 0 Å². The maximum Gasteiger partial charge on any atom is 0.252 e. The Morgan fingerprint density at radius 1 is 0.906 bits per heavy atom. The maximum atomic E-state index is 13.1. The van der Waals surface area contributed by atoms with Crippen LogP contribution in [0.3, 0.4) is 0 Å². The average molecular weight is 420 g/mol. The van der Waals surface area contributed by atoms with E-state index in [-0.39, 0.29) is 5.91 Å². The van der Waals surface area contributed by atoms with Crippen molar-refractivity contribution in [1.82, 2.24) is 30.0 Å². The van der Waals surface area contributed by atoms with Gasteiger partial charge in [0.25, 0.3) is 5.91 Å². The fourth-order valence-corrected chi connectivity index (χ4v) is 3.55. The molecule has 0 aliphatic rings. The highest BCUT2D eigenvalue weighted by molar-refractivity contribution is 6.07. The van der Waals surface area contributed by atoms with Gasteiger partial charge in [0.2, 0.25) is 0 Å². The summed E-state index contributed by atoms with van der Waals surface area (Å²) in [4.78, 5) is 26.1. The van der Waals surface area contributed by atoms with Gasteiger partial charge in [0.15, 0.2) is 0 Å². The molecular formula is C25H20N6O. The third-order valence-electron chi connectivity index (χ3n) is 5.18. The van der Waals surface area contributed by atoms with Gasteiger partial charge >= 0.3 is 0 Å². The van der Waals surface area contributed by atoms with Gasteiger partial charge in [-0.05, 0) is 35.4 Å². The van der Waals surface area contributed by atoms with Gasteiger partial charge in [0.1, 0.15) is 12.7 Å². The second-order valence-electron chi connectivity index (χ2n) is 7.38. The Labute approximate surface area is 184 Å². The molecule has 7 heteroatoms. The third kappa shape index (κ3) is 4.22. The van der Waals surface area contributed by atoms with Gasteiger partial charge in [-0.2, -0.15) is 5.10 Å². The van der Waals surface area contributed by atoms with E-state index in [1.807, 2.05) is 66.7 Å². The van der Waals surface area contributed by atoms with E-state index < -0.39 is 0 Å². The van der Waals surface area contributed by atoms with Gasteiger partial charge in [-0.1, -0.05) is 48.5 Å². The summed E-state index contributed by atoms with van der Waals surface area (Å²) in [5.41, 5.74) is 4.88. The minimum Gasteiger partial charge on any atom is -0.348 e. The largest absolute Gasteiger partial charge is 0.348 e. The fourth-order valence-electron chi connectivity index (χ4n) is 3.55. The number of amides is 1. The minimum atomic E-state index is -0.146. The molecule has 1 N–H and O–H groups in total. The first-order chi connectivity index (χ1) is 15.8.